The minimum absolute atomic E-state index is 0.0856. The van der Waals surface area contributed by atoms with Crippen LogP contribution in [0.5, 0.6) is 0 Å². The Morgan fingerprint density at radius 2 is 1.86 bits per heavy atom. The molecule has 0 aliphatic carbocycles. The van der Waals surface area contributed by atoms with Gasteiger partial charge in [0.05, 0.1) is 0 Å². The number of nitrogens with zero attached hydrogens (tertiary/aromatic N) is 1. The standard InChI is InChI=1S/C14H22F3NO3/c1-13(2,3)21-12(20)18-8-4-5-10(9-18)6-7-11(19)14(15,16)17/h10H,4-9H2,1-3H3. The lowest BCUT2D eigenvalue weighted by Gasteiger charge is -2.34. The normalized spacial score (nSPS) is 20.3. The summed E-state index contributed by atoms with van der Waals surface area (Å²) in [4.78, 5) is 24.3. The van der Waals surface area contributed by atoms with Gasteiger partial charge in [-0.05, 0) is 46.0 Å². The number of alkyl halides is 3. The van der Waals surface area contributed by atoms with E-state index in [2.05, 4.69) is 0 Å². The molecule has 1 aliphatic heterocycles. The van der Waals surface area contributed by atoms with Gasteiger partial charge in [0.1, 0.15) is 5.60 Å². The maximum atomic E-state index is 12.2. The molecule has 1 amide bonds. The fraction of sp³-hybridized carbons (Fsp3) is 0.857. The van der Waals surface area contributed by atoms with Gasteiger partial charge in [0, 0.05) is 19.5 Å². The van der Waals surface area contributed by atoms with Crippen molar-refractivity contribution in [3.05, 3.63) is 0 Å². The highest BCUT2D eigenvalue weighted by atomic mass is 19.4. The van der Waals surface area contributed by atoms with E-state index in [1.54, 1.807) is 20.8 Å². The monoisotopic (exact) mass is 309 g/mol. The van der Waals surface area contributed by atoms with Gasteiger partial charge in [0.15, 0.2) is 0 Å². The fourth-order valence-corrected chi connectivity index (χ4v) is 2.27. The van der Waals surface area contributed by atoms with E-state index >= 15 is 0 Å². The number of Topliss-reactive ketones (excluding diaryl/α,β-unsaturated/α-hetero) is 1. The van der Waals surface area contributed by atoms with E-state index < -0.39 is 30.1 Å². The summed E-state index contributed by atoms with van der Waals surface area (Å²) in [5.41, 5.74) is -0.601. The molecule has 4 nitrogen and oxygen atoms in total. The fourth-order valence-electron chi connectivity index (χ4n) is 2.27. The van der Waals surface area contributed by atoms with Crippen molar-refractivity contribution in [2.75, 3.05) is 13.1 Å². The molecular weight excluding hydrogens is 287 g/mol. The molecule has 0 bridgehead atoms. The van der Waals surface area contributed by atoms with Gasteiger partial charge >= 0.3 is 12.3 Å². The predicted octanol–water partition coefficient (Wildman–Crippen LogP) is 3.55. The molecule has 0 radical (unpaired) electrons. The molecule has 1 unspecified atom stereocenters. The molecule has 0 spiro atoms. The molecule has 0 aromatic carbocycles. The van der Waals surface area contributed by atoms with Gasteiger partial charge in [-0.25, -0.2) is 4.79 Å². The molecule has 0 N–H and O–H groups in total. The first-order chi connectivity index (χ1) is 9.49. The molecule has 1 aliphatic rings. The summed E-state index contributed by atoms with van der Waals surface area (Å²) in [5, 5.41) is 0. The van der Waals surface area contributed by atoms with E-state index in [0.717, 1.165) is 6.42 Å². The number of hydrogen-bond acceptors (Lipinski definition) is 3. The maximum Gasteiger partial charge on any atom is 0.449 e. The van der Waals surface area contributed by atoms with E-state index in [4.69, 9.17) is 4.74 Å². The van der Waals surface area contributed by atoms with Gasteiger partial charge < -0.3 is 9.64 Å². The Kier molecular flexibility index (Phi) is 5.64. The van der Waals surface area contributed by atoms with Crippen molar-refractivity contribution < 1.29 is 27.5 Å². The van der Waals surface area contributed by atoms with Crippen LogP contribution in [0.25, 0.3) is 0 Å². The van der Waals surface area contributed by atoms with Gasteiger partial charge in [0.2, 0.25) is 5.78 Å². The van der Waals surface area contributed by atoms with Crippen LogP contribution in [0.3, 0.4) is 0 Å². The smallest absolute Gasteiger partial charge is 0.444 e. The number of hydrogen-bond donors (Lipinski definition) is 0. The van der Waals surface area contributed by atoms with Crippen molar-refractivity contribution >= 4 is 11.9 Å². The molecule has 1 rings (SSSR count). The Labute approximate surface area is 122 Å². The highest BCUT2D eigenvalue weighted by molar-refractivity contribution is 5.83. The number of amides is 1. The van der Waals surface area contributed by atoms with Crippen molar-refractivity contribution in [1.82, 2.24) is 4.90 Å². The molecular formula is C14H22F3NO3. The maximum absolute atomic E-state index is 12.2. The van der Waals surface area contributed by atoms with E-state index in [0.29, 0.717) is 19.5 Å². The summed E-state index contributed by atoms with van der Waals surface area (Å²) in [7, 11) is 0. The highest BCUT2D eigenvalue weighted by Crippen LogP contribution is 2.25. The van der Waals surface area contributed by atoms with E-state index in [9.17, 15) is 22.8 Å². The third-order valence-electron chi connectivity index (χ3n) is 3.27. The number of halogens is 3. The van der Waals surface area contributed by atoms with Crippen LogP contribution in [0.1, 0.15) is 46.5 Å². The van der Waals surface area contributed by atoms with Crippen LogP contribution in [0.2, 0.25) is 0 Å². The third kappa shape index (κ3) is 6.35. The third-order valence-corrected chi connectivity index (χ3v) is 3.27. The van der Waals surface area contributed by atoms with E-state index in [1.807, 2.05) is 0 Å². The molecule has 0 saturated carbocycles. The second-order valence-electron chi connectivity index (χ2n) is 6.39. The predicted molar refractivity (Wildman–Crippen MR) is 70.8 cm³/mol. The number of ketones is 1. The molecule has 1 saturated heterocycles. The largest absolute Gasteiger partial charge is 0.449 e. The van der Waals surface area contributed by atoms with Crippen LogP contribution in [0.15, 0.2) is 0 Å². The average Bonchev–Trinajstić information content (AvgIpc) is 2.33. The Hall–Kier alpha value is -1.27. The second kappa shape index (κ2) is 6.66. The minimum Gasteiger partial charge on any atom is -0.444 e. The summed E-state index contributed by atoms with van der Waals surface area (Å²) in [6.07, 6.45) is -4.14. The number of carbonyl (C=O) groups is 2. The average molecular weight is 309 g/mol. The Morgan fingerprint density at radius 1 is 1.24 bits per heavy atom. The molecule has 21 heavy (non-hydrogen) atoms. The van der Waals surface area contributed by atoms with Crippen molar-refractivity contribution in [3.8, 4) is 0 Å². The molecule has 1 atom stereocenters. The second-order valence-corrected chi connectivity index (χ2v) is 6.39. The summed E-state index contributed by atoms with van der Waals surface area (Å²) >= 11 is 0. The zero-order valence-corrected chi connectivity index (χ0v) is 12.6. The Morgan fingerprint density at radius 3 is 2.38 bits per heavy atom. The van der Waals surface area contributed by atoms with Crippen LogP contribution in [0, 0.1) is 5.92 Å². The summed E-state index contributed by atoms with van der Waals surface area (Å²) in [6.45, 7) is 6.16. The van der Waals surface area contributed by atoms with Crippen LogP contribution in [0.4, 0.5) is 18.0 Å². The van der Waals surface area contributed by atoms with Crippen molar-refractivity contribution in [2.45, 2.75) is 58.2 Å². The molecule has 0 aromatic heterocycles. The van der Waals surface area contributed by atoms with E-state index in [-0.39, 0.29) is 12.3 Å². The highest BCUT2D eigenvalue weighted by Gasteiger charge is 2.38. The van der Waals surface area contributed by atoms with Crippen LogP contribution in [-0.2, 0) is 9.53 Å². The first-order valence-corrected chi connectivity index (χ1v) is 7.07. The van der Waals surface area contributed by atoms with Crippen molar-refractivity contribution in [3.63, 3.8) is 0 Å². The van der Waals surface area contributed by atoms with Gasteiger partial charge in [-0.15, -0.1) is 0 Å². The van der Waals surface area contributed by atoms with Gasteiger partial charge in [-0.3, -0.25) is 4.79 Å². The van der Waals surface area contributed by atoms with Crippen molar-refractivity contribution in [2.24, 2.45) is 5.92 Å². The lowest BCUT2D eigenvalue weighted by atomic mass is 9.92. The number of piperidine rings is 1. The zero-order valence-electron chi connectivity index (χ0n) is 12.6. The summed E-state index contributed by atoms with van der Waals surface area (Å²) in [5.74, 6) is -1.78. The quantitative estimate of drug-likeness (QED) is 0.801. The lowest BCUT2D eigenvalue weighted by Crippen LogP contribution is -2.43. The summed E-state index contributed by atoms with van der Waals surface area (Å²) < 4.78 is 41.7. The number of rotatable bonds is 3. The number of likely N-dealkylation sites (tertiary alicyclic amines) is 1. The topological polar surface area (TPSA) is 46.6 Å². The minimum atomic E-state index is -4.76. The first-order valence-electron chi connectivity index (χ1n) is 7.07. The molecule has 7 heteroatoms. The zero-order chi connectivity index (χ0) is 16.3. The summed E-state index contributed by atoms with van der Waals surface area (Å²) in [6, 6.07) is 0. The first kappa shape index (κ1) is 17.8. The van der Waals surface area contributed by atoms with Gasteiger partial charge in [0.25, 0.3) is 0 Å². The Balaban J connectivity index is 2.46. The Bertz CT molecular complexity index is 388. The molecule has 1 fully saturated rings. The van der Waals surface area contributed by atoms with Crippen LogP contribution >= 0.6 is 0 Å². The molecule has 0 aromatic rings. The lowest BCUT2D eigenvalue weighted by molar-refractivity contribution is -0.171. The van der Waals surface area contributed by atoms with E-state index in [1.165, 1.54) is 4.90 Å². The van der Waals surface area contributed by atoms with Crippen LogP contribution < -0.4 is 0 Å². The van der Waals surface area contributed by atoms with Gasteiger partial charge in [-0.1, -0.05) is 0 Å². The van der Waals surface area contributed by atoms with Crippen LogP contribution in [-0.4, -0.2) is 41.6 Å². The molecule has 122 valence electrons. The number of ether oxygens (including phenoxy) is 1. The number of carbonyl (C=O) groups excluding carboxylic acids is 2. The molecule has 1 heterocycles. The van der Waals surface area contributed by atoms with Gasteiger partial charge in [-0.2, -0.15) is 13.2 Å². The SMILES string of the molecule is CC(C)(C)OC(=O)N1CCCC(CCC(=O)C(F)(F)F)C1. The van der Waals surface area contributed by atoms with Crippen molar-refractivity contribution in [1.29, 1.82) is 0 Å².